The van der Waals surface area contributed by atoms with Crippen molar-refractivity contribution in [3.8, 4) is 0 Å². The average molecular weight is 344 g/mol. The number of esters is 1. The number of nitrogens with one attached hydrogen (secondary N) is 1. The number of aliphatic hydroxyl groups excluding tert-OH is 1. The fourth-order valence-corrected chi connectivity index (χ4v) is 2.72. The first kappa shape index (κ1) is 23.4. The van der Waals surface area contributed by atoms with E-state index in [0.29, 0.717) is 25.5 Å². The zero-order valence-electron chi connectivity index (χ0n) is 16.3. The van der Waals surface area contributed by atoms with Gasteiger partial charge in [0.25, 0.3) is 0 Å². The Bertz CT molecular complexity index is 282. The lowest BCUT2D eigenvalue weighted by atomic mass is 9.98. The van der Waals surface area contributed by atoms with Crippen LogP contribution in [0.5, 0.6) is 0 Å². The van der Waals surface area contributed by atoms with Gasteiger partial charge in [0.15, 0.2) is 0 Å². The van der Waals surface area contributed by atoms with Crippen LogP contribution in [0.4, 0.5) is 0 Å². The predicted octanol–water partition coefficient (Wildman–Crippen LogP) is 4.30. The molecule has 0 heterocycles. The first-order valence-corrected chi connectivity index (χ1v) is 10.0. The van der Waals surface area contributed by atoms with Crippen LogP contribution in [0.1, 0.15) is 85.0 Å². The number of carbonyl (C=O) groups is 1. The molecule has 0 radical (unpaired) electrons. The molecule has 0 fully saturated rings. The van der Waals surface area contributed by atoms with Crippen molar-refractivity contribution in [3.63, 3.8) is 0 Å². The molecule has 0 aliphatic heterocycles. The highest BCUT2D eigenvalue weighted by Crippen LogP contribution is 2.15. The van der Waals surface area contributed by atoms with Crippen LogP contribution in [0.25, 0.3) is 0 Å². The number of carbonyl (C=O) groups excluding carboxylic acids is 1. The van der Waals surface area contributed by atoms with Crippen LogP contribution >= 0.6 is 0 Å². The van der Waals surface area contributed by atoms with Gasteiger partial charge in [-0.2, -0.15) is 0 Å². The summed E-state index contributed by atoms with van der Waals surface area (Å²) in [6.07, 6.45) is 10.9. The monoisotopic (exact) mass is 343 g/mol. The van der Waals surface area contributed by atoms with E-state index in [1.54, 1.807) is 0 Å². The van der Waals surface area contributed by atoms with Crippen molar-refractivity contribution >= 4 is 5.97 Å². The van der Waals surface area contributed by atoms with Crippen molar-refractivity contribution in [3.05, 3.63) is 0 Å². The smallest absolute Gasteiger partial charge is 0.305 e. The van der Waals surface area contributed by atoms with Gasteiger partial charge in [-0.1, -0.05) is 59.3 Å². The van der Waals surface area contributed by atoms with Crippen LogP contribution in [0.15, 0.2) is 0 Å². The van der Waals surface area contributed by atoms with Gasteiger partial charge < -0.3 is 15.2 Å². The van der Waals surface area contributed by atoms with Gasteiger partial charge in [-0.05, 0) is 37.6 Å². The van der Waals surface area contributed by atoms with E-state index in [9.17, 15) is 4.79 Å². The van der Waals surface area contributed by atoms with E-state index in [-0.39, 0.29) is 12.6 Å². The molecule has 0 amide bonds. The van der Waals surface area contributed by atoms with E-state index in [1.807, 2.05) is 0 Å². The maximum Gasteiger partial charge on any atom is 0.305 e. The fraction of sp³-hybridized carbons (Fsp3) is 0.950. The number of hydrogen-bond acceptors (Lipinski definition) is 4. The summed E-state index contributed by atoms with van der Waals surface area (Å²) in [5.74, 6) is 1.40. The molecule has 0 aromatic rings. The Morgan fingerprint density at radius 2 is 1.62 bits per heavy atom. The summed E-state index contributed by atoms with van der Waals surface area (Å²) >= 11 is 0. The summed E-state index contributed by atoms with van der Waals surface area (Å²) in [7, 11) is 0. The molecule has 24 heavy (non-hydrogen) atoms. The Balaban J connectivity index is 3.32. The molecule has 0 bridgehead atoms. The maximum absolute atomic E-state index is 11.7. The molecule has 0 aromatic carbocycles. The summed E-state index contributed by atoms with van der Waals surface area (Å²) in [6.45, 7) is 9.22. The largest absolute Gasteiger partial charge is 0.466 e. The van der Waals surface area contributed by atoms with Gasteiger partial charge in [-0.15, -0.1) is 0 Å². The van der Waals surface area contributed by atoms with E-state index >= 15 is 0 Å². The van der Waals surface area contributed by atoms with Crippen LogP contribution < -0.4 is 5.32 Å². The van der Waals surface area contributed by atoms with Crippen LogP contribution in [0.3, 0.4) is 0 Å². The summed E-state index contributed by atoms with van der Waals surface area (Å²) in [5.41, 5.74) is 0. The Labute approximate surface area is 149 Å². The van der Waals surface area contributed by atoms with E-state index in [1.165, 1.54) is 32.1 Å². The van der Waals surface area contributed by atoms with Gasteiger partial charge in [0.1, 0.15) is 0 Å². The number of unbranched alkanes of at least 4 members (excludes halogenated alkanes) is 4. The highest BCUT2D eigenvalue weighted by atomic mass is 16.5. The third-order valence-electron chi connectivity index (χ3n) is 4.38. The Hall–Kier alpha value is -0.610. The molecule has 0 aliphatic rings. The highest BCUT2D eigenvalue weighted by Gasteiger charge is 2.06. The van der Waals surface area contributed by atoms with Gasteiger partial charge in [-0.3, -0.25) is 4.79 Å². The highest BCUT2D eigenvalue weighted by molar-refractivity contribution is 5.69. The van der Waals surface area contributed by atoms with Gasteiger partial charge in [0, 0.05) is 13.0 Å². The van der Waals surface area contributed by atoms with Crippen LogP contribution in [0, 0.1) is 11.8 Å². The molecular formula is C20H41NO3. The van der Waals surface area contributed by atoms with Gasteiger partial charge in [0.2, 0.25) is 0 Å². The minimum absolute atomic E-state index is 0.0333. The third-order valence-corrected chi connectivity index (χ3v) is 4.38. The fourth-order valence-electron chi connectivity index (χ4n) is 2.72. The van der Waals surface area contributed by atoms with E-state index in [0.717, 1.165) is 38.1 Å². The molecule has 4 heteroatoms. The van der Waals surface area contributed by atoms with Crippen LogP contribution in [-0.4, -0.2) is 37.4 Å². The first-order valence-electron chi connectivity index (χ1n) is 10.0. The van der Waals surface area contributed by atoms with E-state index in [2.05, 4.69) is 26.1 Å². The van der Waals surface area contributed by atoms with Gasteiger partial charge >= 0.3 is 5.97 Å². The lowest BCUT2D eigenvalue weighted by Gasteiger charge is -2.12. The molecule has 0 aromatic heterocycles. The van der Waals surface area contributed by atoms with Gasteiger partial charge in [-0.25, -0.2) is 0 Å². The van der Waals surface area contributed by atoms with Crippen molar-refractivity contribution < 1.29 is 14.6 Å². The quantitative estimate of drug-likeness (QED) is 0.305. The molecular weight excluding hydrogens is 302 g/mol. The summed E-state index contributed by atoms with van der Waals surface area (Å²) < 4.78 is 5.34. The van der Waals surface area contributed by atoms with Crippen LogP contribution in [0.2, 0.25) is 0 Å². The molecule has 0 spiro atoms. The zero-order chi connectivity index (χ0) is 18.0. The molecule has 0 saturated carbocycles. The average Bonchev–Trinajstić information content (AvgIpc) is 2.53. The topological polar surface area (TPSA) is 58.6 Å². The second-order valence-electron chi connectivity index (χ2n) is 7.43. The second-order valence-corrected chi connectivity index (χ2v) is 7.43. The maximum atomic E-state index is 11.7. The summed E-state index contributed by atoms with van der Waals surface area (Å²) in [6, 6.07) is 0. The lowest BCUT2D eigenvalue weighted by Crippen LogP contribution is -2.19. The number of aliphatic hydroxyl groups is 1. The molecule has 0 saturated heterocycles. The molecule has 0 rings (SSSR count). The Morgan fingerprint density at radius 3 is 2.33 bits per heavy atom. The predicted molar refractivity (Wildman–Crippen MR) is 101 cm³/mol. The number of rotatable bonds is 17. The first-order chi connectivity index (χ1) is 11.6. The molecule has 4 nitrogen and oxygen atoms in total. The van der Waals surface area contributed by atoms with Crippen molar-refractivity contribution in [2.24, 2.45) is 11.8 Å². The summed E-state index contributed by atoms with van der Waals surface area (Å²) in [5, 5.41) is 11.8. The van der Waals surface area contributed by atoms with Crippen LogP contribution in [-0.2, 0) is 9.53 Å². The SMILES string of the molecule is CC(C)CCCC(C)CCOC(=O)CCCCCCCNCCO. The molecule has 0 aliphatic carbocycles. The lowest BCUT2D eigenvalue weighted by molar-refractivity contribution is -0.144. The molecule has 144 valence electrons. The zero-order valence-corrected chi connectivity index (χ0v) is 16.3. The molecule has 2 N–H and O–H groups in total. The second kappa shape index (κ2) is 17.2. The standard InChI is InChI=1S/C20H41NO3/c1-18(2)10-9-11-19(3)13-17-24-20(23)12-7-5-4-6-8-14-21-15-16-22/h18-19,21-22H,4-17H2,1-3H3. The van der Waals surface area contributed by atoms with Crippen molar-refractivity contribution in [2.75, 3.05) is 26.3 Å². The molecule has 1 unspecified atom stereocenters. The number of ether oxygens (including phenoxy) is 1. The Kier molecular flexibility index (Phi) is 16.8. The molecule has 1 atom stereocenters. The van der Waals surface area contributed by atoms with Crippen molar-refractivity contribution in [2.45, 2.75) is 85.0 Å². The third kappa shape index (κ3) is 17.7. The Morgan fingerprint density at radius 1 is 0.917 bits per heavy atom. The van der Waals surface area contributed by atoms with Gasteiger partial charge in [0.05, 0.1) is 13.2 Å². The van der Waals surface area contributed by atoms with Crippen molar-refractivity contribution in [1.29, 1.82) is 0 Å². The van der Waals surface area contributed by atoms with E-state index in [4.69, 9.17) is 9.84 Å². The minimum atomic E-state index is -0.0333. The van der Waals surface area contributed by atoms with Crippen molar-refractivity contribution in [1.82, 2.24) is 5.32 Å². The summed E-state index contributed by atoms with van der Waals surface area (Å²) in [4.78, 5) is 11.7. The minimum Gasteiger partial charge on any atom is -0.466 e. The van der Waals surface area contributed by atoms with E-state index < -0.39 is 0 Å². The normalized spacial score (nSPS) is 12.5. The number of hydrogen-bond donors (Lipinski definition) is 2.